The molecule has 4 rings (SSSR count). The van der Waals surface area contributed by atoms with Crippen LogP contribution >= 0.6 is 0 Å². The van der Waals surface area contributed by atoms with Gasteiger partial charge in [0.25, 0.3) is 0 Å². The highest BCUT2D eigenvalue weighted by Gasteiger charge is 2.66. The van der Waals surface area contributed by atoms with E-state index in [1.54, 1.807) is 6.92 Å². The molecular formula is C24H34O7. The van der Waals surface area contributed by atoms with Gasteiger partial charge in [-0.2, -0.15) is 0 Å². The second-order valence-electron chi connectivity index (χ2n) is 10.1. The minimum Gasteiger partial charge on any atom is -0.459 e. The molecule has 0 amide bonds. The number of fused-ring (bicyclic) bond motifs is 5. The van der Waals surface area contributed by atoms with Gasteiger partial charge in [-0.25, -0.2) is 0 Å². The number of carbonyl (C=O) groups is 2. The summed E-state index contributed by atoms with van der Waals surface area (Å²) in [6, 6.07) is 0. The molecule has 1 unspecified atom stereocenters. The zero-order valence-electron chi connectivity index (χ0n) is 19.2. The molecule has 2 saturated heterocycles. The molecule has 7 nitrogen and oxygen atoms in total. The number of aliphatic hydroxyl groups is 1. The lowest BCUT2D eigenvalue weighted by molar-refractivity contribution is -0.191. The summed E-state index contributed by atoms with van der Waals surface area (Å²) in [6.45, 7) is 11.1. The highest BCUT2D eigenvalue weighted by molar-refractivity contribution is 5.67. The molecule has 0 radical (unpaired) electrons. The number of esters is 2. The Kier molecular flexibility index (Phi) is 5.59. The standard InChI is InChI=1S/C24H34O7/c1-12-7-8-18(30-15(4)26)24(6,27)22-20-19(16(9-12)31-22)13(2)10-17(29-14(3)25)21(20)23(5)11-28-23/h7,10,16-22,27H,8-9,11H2,1-6H3/b12-7+/t16-,17-,18+,19-,20+,21+,22-,23?,24-/m1/s1. The fraction of sp³-hybridized carbons (Fsp3) is 0.750. The Labute approximate surface area is 183 Å². The Bertz CT molecular complexity index is 822. The van der Waals surface area contributed by atoms with Crippen LogP contribution in [-0.4, -0.2) is 59.3 Å². The monoisotopic (exact) mass is 434 g/mol. The fourth-order valence-corrected chi connectivity index (χ4v) is 6.06. The largest absolute Gasteiger partial charge is 0.459 e. The Hall–Kier alpha value is -1.70. The maximum Gasteiger partial charge on any atom is 0.303 e. The number of hydrogen-bond acceptors (Lipinski definition) is 7. The Balaban J connectivity index is 1.82. The Morgan fingerprint density at radius 3 is 2.39 bits per heavy atom. The number of epoxide rings is 1. The van der Waals surface area contributed by atoms with Gasteiger partial charge >= 0.3 is 11.9 Å². The summed E-state index contributed by atoms with van der Waals surface area (Å²) in [5.74, 6) is -1.06. The first-order valence-corrected chi connectivity index (χ1v) is 11.1. The van der Waals surface area contributed by atoms with Crippen LogP contribution in [0.25, 0.3) is 0 Å². The molecule has 0 spiro atoms. The van der Waals surface area contributed by atoms with Gasteiger partial charge in [0.2, 0.25) is 0 Å². The van der Waals surface area contributed by atoms with Crippen molar-refractivity contribution in [2.24, 2.45) is 17.8 Å². The first-order valence-electron chi connectivity index (χ1n) is 11.1. The van der Waals surface area contributed by atoms with Gasteiger partial charge in [-0.3, -0.25) is 9.59 Å². The quantitative estimate of drug-likeness (QED) is 0.415. The molecule has 0 aromatic rings. The summed E-state index contributed by atoms with van der Waals surface area (Å²) in [7, 11) is 0. The number of ether oxygens (including phenoxy) is 4. The molecule has 1 N–H and O–H groups in total. The number of hydrogen-bond donors (Lipinski definition) is 1. The normalized spacial score (nSPS) is 48.2. The van der Waals surface area contributed by atoms with Crippen LogP contribution in [0.15, 0.2) is 23.3 Å². The molecule has 7 heteroatoms. The van der Waals surface area contributed by atoms with E-state index in [2.05, 4.69) is 0 Å². The topological polar surface area (TPSA) is 94.6 Å². The summed E-state index contributed by atoms with van der Waals surface area (Å²) in [5.41, 5.74) is 0.350. The first-order chi connectivity index (χ1) is 14.4. The molecule has 0 aromatic carbocycles. The van der Waals surface area contributed by atoms with Crippen molar-refractivity contribution >= 4 is 11.9 Å². The van der Waals surface area contributed by atoms with E-state index < -0.39 is 35.5 Å². The van der Waals surface area contributed by atoms with Crippen LogP contribution in [-0.2, 0) is 28.5 Å². The van der Waals surface area contributed by atoms with Gasteiger partial charge < -0.3 is 24.1 Å². The lowest BCUT2D eigenvalue weighted by Crippen LogP contribution is -2.58. The summed E-state index contributed by atoms with van der Waals surface area (Å²) < 4.78 is 23.8. The zero-order chi connectivity index (χ0) is 22.7. The maximum atomic E-state index is 11.9. The second-order valence-corrected chi connectivity index (χ2v) is 10.1. The molecule has 3 aliphatic heterocycles. The summed E-state index contributed by atoms with van der Waals surface area (Å²) >= 11 is 0. The van der Waals surface area contributed by atoms with Gasteiger partial charge in [-0.1, -0.05) is 17.2 Å². The van der Waals surface area contributed by atoms with Crippen molar-refractivity contribution in [2.75, 3.05) is 6.61 Å². The number of carbonyl (C=O) groups excluding carboxylic acids is 2. The van der Waals surface area contributed by atoms with Gasteiger partial charge in [0.15, 0.2) is 0 Å². The van der Waals surface area contributed by atoms with Crippen LogP contribution in [0.1, 0.15) is 54.4 Å². The molecule has 172 valence electrons. The smallest absolute Gasteiger partial charge is 0.303 e. The van der Waals surface area contributed by atoms with Crippen molar-refractivity contribution in [1.29, 1.82) is 0 Å². The van der Waals surface area contributed by atoms with Gasteiger partial charge in [-0.15, -0.1) is 0 Å². The zero-order valence-corrected chi connectivity index (χ0v) is 19.2. The predicted octanol–water partition coefficient (Wildman–Crippen LogP) is 2.71. The van der Waals surface area contributed by atoms with Gasteiger partial charge in [0.05, 0.1) is 24.4 Å². The van der Waals surface area contributed by atoms with Crippen LogP contribution in [0.2, 0.25) is 0 Å². The van der Waals surface area contributed by atoms with E-state index in [1.165, 1.54) is 13.8 Å². The van der Waals surface area contributed by atoms with Crippen molar-refractivity contribution in [3.63, 3.8) is 0 Å². The lowest BCUT2D eigenvalue weighted by atomic mass is 9.61. The van der Waals surface area contributed by atoms with Gasteiger partial charge in [0.1, 0.15) is 17.8 Å². The summed E-state index contributed by atoms with van der Waals surface area (Å²) in [6.07, 6.45) is 3.30. The molecule has 2 fully saturated rings. The maximum absolute atomic E-state index is 11.9. The molecule has 1 aliphatic carbocycles. The van der Waals surface area contributed by atoms with E-state index in [4.69, 9.17) is 18.9 Å². The molecule has 0 aromatic heterocycles. The van der Waals surface area contributed by atoms with E-state index in [9.17, 15) is 14.7 Å². The average Bonchev–Trinajstić information content (AvgIpc) is 3.25. The fourth-order valence-electron chi connectivity index (χ4n) is 6.06. The SMILES string of the molecule is CC(=O)O[C@H]1C/C=C(\C)C[C@H]2O[C@H]([C@H]3[C@@H]2C(C)=C[C@@H](OC(C)=O)[C@@H]3C2(C)CO2)[C@]1(C)O. The van der Waals surface area contributed by atoms with Crippen molar-refractivity contribution < 1.29 is 33.6 Å². The average molecular weight is 435 g/mol. The Morgan fingerprint density at radius 1 is 1.16 bits per heavy atom. The third-order valence-corrected chi connectivity index (χ3v) is 7.55. The summed E-state index contributed by atoms with van der Waals surface area (Å²) in [4.78, 5) is 23.7. The van der Waals surface area contributed by atoms with E-state index in [0.717, 1.165) is 17.6 Å². The van der Waals surface area contributed by atoms with Crippen molar-refractivity contribution in [3.05, 3.63) is 23.3 Å². The van der Waals surface area contributed by atoms with E-state index in [1.807, 2.05) is 32.9 Å². The third kappa shape index (κ3) is 3.96. The number of rotatable bonds is 3. The molecule has 3 heterocycles. The molecule has 2 bridgehead atoms. The highest BCUT2D eigenvalue weighted by Crippen LogP contribution is 2.57. The van der Waals surface area contributed by atoms with Crippen LogP contribution in [0.4, 0.5) is 0 Å². The summed E-state index contributed by atoms with van der Waals surface area (Å²) in [5, 5.41) is 11.8. The van der Waals surface area contributed by atoms with Crippen molar-refractivity contribution in [3.8, 4) is 0 Å². The van der Waals surface area contributed by atoms with Crippen LogP contribution in [0.5, 0.6) is 0 Å². The third-order valence-electron chi connectivity index (χ3n) is 7.55. The minimum absolute atomic E-state index is 0.0498. The van der Waals surface area contributed by atoms with E-state index >= 15 is 0 Å². The van der Waals surface area contributed by atoms with Gasteiger partial charge in [0, 0.05) is 38.0 Å². The highest BCUT2D eigenvalue weighted by atomic mass is 16.6. The minimum atomic E-state index is -1.42. The lowest BCUT2D eigenvalue weighted by Gasteiger charge is -2.46. The van der Waals surface area contributed by atoms with Gasteiger partial charge in [-0.05, 0) is 40.2 Å². The first kappa shape index (κ1) is 22.5. The van der Waals surface area contributed by atoms with Crippen molar-refractivity contribution in [1.82, 2.24) is 0 Å². The van der Waals surface area contributed by atoms with Crippen LogP contribution < -0.4 is 0 Å². The predicted molar refractivity (Wildman–Crippen MR) is 112 cm³/mol. The molecule has 9 atom stereocenters. The molecular weight excluding hydrogens is 400 g/mol. The van der Waals surface area contributed by atoms with Crippen molar-refractivity contribution in [2.45, 2.75) is 90.0 Å². The second kappa shape index (κ2) is 7.71. The van der Waals surface area contributed by atoms with E-state index in [0.29, 0.717) is 13.0 Å². The van der Waals surface area contributed by atoms with E-state index in [-0.39, 0.29) is 29.8 Å². The van der Waals surface area contributed by atoms with Crippen LogP contribution in [0, 0.1) is 17.8 Å². The Morgan fingerprint density at radius 2 is 1.81 bits per heavy atom. The van der Waals surface area contributed by atoms with Crippen LogP contribution in [0.3, 0.4) is 0 Å². The molecule has 0 saturated carbocycles. The molecule has 4 aliphatic rings. The molecule has 31 heavy (non-hydrogen) atoms.